The highest BCUT2D eigenvalue weighted by molar-refractivity contribution is 9.10. The Hall–Kier alpha value is -2.26. The number of hydrogen-bond donors (Lipinski definition) is 0. The smallest absolute Gasteiger partial charge is 0.250 e. The zero-order valence-electron chi connectivity index (χ0n) is 11.4. The van der Waals surface area contributed by atoms with Crippen molar-refractivity contribution in [2.75, 3.05) is 13.7 Å². The second kappa shape index (κ2) is 6.95. The number of hydrogen-bond acceptors (Lipinski definition) is 4. The maximum atomic E-state index is 11.6. The van der Waals surface area contributed by atoms with Gasteiger partial charge in [-0.1, -0.05) is 0 Å². The lowest BCUT2D eigenvalue weighted by Gasteiger charge is -2.11. The summed E-state index contributed by atoms with van der Waals surface area (Å²) in [4.78, 5) is 11.6. The molecule has 0 N–H and O–H groups in total. The number of benzene rings is 1. The van der Waals surface area contributed by atoms with Crippen LogP contribution >= 0.6 is 15.9 Å². The molecule has 21 heavy (non-hydrogen) atoms. The third kappa shape index (κ3) is 3.86. The highest BCUT2D eigenvalue weighted by Crippen LogP contribution is 2.27. The molecule has 0 amide bonds. The molecule has 6 heteroatoms. The molecule has 1 aromatic carbocycles. The molecule has 0 radical (unpaired) electrons. The Kier molecular flexibility index (Phi) is 5.01. The summed E-state index contributed by atoms with van der Waals surface area (Å²) in [5.74, 6) is 1.04. The Bertz CT molecular complexity index is 734. The Balaban J connectivity index is 2.05. The molecule has 5 nitrogen and oxygen atoms in total. The molecule has 0 atom stereocenters. The number of nitriles is 1. The van der Waals surface area contributed by atoms with Gasteiger partial charge in [0, 0.05) is 22.8 Å². The highest BCUT2D eigenvalue weighted by Gasteiger charge is 2.06. The molecule has 0 bridgehead atoms. The summed E-state index contributed by atoms with van der Waals surface area (Å²) in [6, 6.07) is 10.2. The zero-order valence-corrected chi connectivity index (χ0v) is 13.0. The van der Waals surface area contributed by atoms with Crippen LogP contribution in [0.3, 0.4) is 0 Å². The molecular formula is C15H13BrN2O3. The SMILES string of the molecule is COc1cc(C#N)ccc1OCCn1cc(Br)ccc1=O. The van der Waals surface area contributed by atoms with Crippen molar-refractivity contribution in [3.8, 4) is 17.6 Å². The van der Waals surface area contributed by atoms with E-state index in [0.717, 1.165) is 4.47 Å². The fourth-order valence-corrected chi connectivity index (χ4v) is 2.17. The van der Waals surface area contributed by atoms with Crippen LogP contribution in [0.2, 0.25) is 0 Å². The summed E-state index contributed by atoms with van der Waals surface area (Å²) < 4.78 is 13.2. The van der Waals surface area contributed by atoms with E-state index in [1.807, 2.05) is 6.07 Å². The predicted molar refractivity (Wildman–Crippen MR) is 81.6 cm³/mol. The van der Waals surface area contributed by atoms with Gasteiger partial charge in [-0.25, -0.2) is 0 Å². The van der Waals surface area contributed by atoms with E-state index in [-0.39, 0.29) is 5.56 Å². The lowest BCUT2D eigenvalue weighted by molar-refractivity contribution is 0.278. The fraction of sp³-hybridized carbons (Fsp3) is 0.200. The van der Waals surface area contributed by atoms with E-state index in [2.05, 4.69) is 15.9 Å². The van der Waals surface area contributed by atoms with Crippen molar-refractivity contribution in [2.24, 2.45) is 0 Å². The van der Waals surface area contributed by atoms with E-state index in [1.54, 1.807) is 35.0 Å². The van der Waals surface area contributed by atoms with Crippen molar-refractivity contribution in [1.29, 1.82) is 5.26 Å². The van der Waals surface area contributed by atoms with Gasteiger partial charge in [0.15, 0.2) is 11.5 Å². The average molecular weight is 349 g/mol. The van der Waals surface area contributed by atoms with Crippen LogP contribution in [0.4, 0.5) is 0 Å². The maximum Gasteiger partial charge on any atom is 0.250 e. The Morgan fingerprint density at radius 3 is 2.81 bits per heavy atom. The summed E-state index contributed by atoms with van der Waals surface area (Å²) in [7, 11) is 1.52. The summed E-state index contributed by atoms with van der Waals surface area (Å²) in [6.07, 6.45) is 1.71. The minimum Gasteiger partial charge on any atom is -0.493 e. The van der Waals surface area contributed by atoms with Crippen LogP contribution in [0.25, 0.3) is 0 Å². The van der Waals surface area contributed by atoms with Crippen LogP contribution in [0.5, 0.6) is 11.5 Å². The summed E-state index contributed by atoms with van der Waals surface area (Å²) >= 11 is 3.32. The van der Waals surface area contributed by atoms with Gasteiger partial charge in [-0.3, -0.25) is 4.79 Å². The molecule has 0 spiro atoms. The van der Waals surface area contributed by atoms with Gasteiger partial charge < -0.3 is 14.0 Å². The van der Waals surface area contributed by atoms with Crippen molar-refractivity contribution >= 4 is 15.9 Å². The normalized spacial score (nSPS) is 9.95. The van der Waals surface area contributed by atoms with Crippen LogP contribution in [0.1, 0.15) is 5.56 Å². The monoisotopic (exact) mass is 348 g/mol. The van der Waals surface area contributed by atoms with Crippen LogP contribution < -0.4 is 15.0 Å². The van der Waals surface area contributed by atoms with E-state index in [4.69, 9.17) is 14.7 Å². The first-order valence-electron chi connectivity index (χ1n) is 6.21. The molecule has 0 fully saturated rings. The maximum absolute atomic E-state index is 11.6. The molecule has 108 valence electrons. The molecule has 2 aromatic rings. The molecule has 0 aliphatic heterocycles. The van der Waals surface area contributed by atoms with Crippen molar-refractivity contribution < 1.29 is 9.47 Å². The van der Waals surface area contributed by atoms with E-state index in [9.17, 15) is 4.79 Å². The molecule has 0 aliphatic carbocycles. The predicted octanol–water partition coefficient (Wildman–Crippen LogP) is 2.57. The van der Waals surface area contributed by atoms with Gasteiger partial charge in [0.25, 0.3) is 5.56 Å². The number of pyridine rings is 1. The first-order valence-corrected chi connectivity index (χ1v) is 7.00. The number of halogens is 1. The van der Waals surface area contributed by atoms with Gasteiger partial charge in [-0.2, -0.15) is 5.26 Å². The van der Waals surface area contributed by atoms with Gasteiger partial charge in [-0.15, -0.1) is 0 Å². The average Bonchev–Trinajstić information content (AvgIpc) is 2.50. The quantitative estimate of drug-likeness (QED) is 0.832. The third-order valence-electron chi connectivity index (χ3n) is 2.83. The Morgan fingerprint density at radius 2 is 2.10 bits per heavy atom. The molecule has 0 saturated heterocycles. The van der Waals surface area contributed by atoms with Crippen LogP contribution in [0, 0.1) is 11.3 Å². The van der Waals surface area contributed by atoms with E-state index in [0.29, 0.717) is 30.2 Å². The van der Waals surface area contributed by atoms with Gasteiger partial charge in [0.05, 0.1) is 25.3 Å². The number of rotatable bonds is 5. The first-order chi connectivity index (χ1) is 10.1. The number of ether oxygens (including phenoxy) is 2. The lowest BCUT2D eigenvalue weighted by Crippen LogP contribution is -2.21. The topological polar surface area (TPSA) is 64.2 Å². The Morgan fingerprint density at radius 1 is 1.29 bits per heavy atom. The minimum atomic E-state index is -0.0893. The highest BCUT2D eigenvalue weighted by atomic mass is 79.9. The van der Waals surface area contributed by atoms with Gasteiger partial charge in [-0.05, 0) is 34.1 Å². The number of methoxy groups -OCH3 is 1. The molecule has 1 heterocycles. The first kappa shape index (κ1) is 15.1. The second-order valence-electron chi connectivity index (χ2n) is 4.20. The summed E-state index contributed by atoms with van der Waals surface area (Å²) in [6.45, 7) is 0.736. The van der Waals surface area contributed by atoms with Crippen molar-refractivity contribution in [2.45, 2.75) is 6.54 Å². The summed E-state index contributed by atoms with van der Waals surface area (Å²) in [5, 5.41) is 8.84. The van der Waals surface area contributed by atoms with Gasteiger partial charge >= 0.3 is 0 Å². The zero-order chi connectivity index (χ0) is 15.2. The molecule has 0 saturated carbocycles. The fourth-order valence-electron chi connectivity index (χ4n) is 1.79. The minimum absolute atomic E-state index is 0.0893. The van der Waals surface area contributed by atoms with Crippen molar-refractivity contribution in [3.63, 3.8) is 0 Å². The van der Waals surface area contributed by atoms with Crippen LogP contribution in [-0.4, -0.2) is 18.3 Å². The molecule has 1 aromatic heterocycles. The number of nitrogens with zero attached hydrogens (tertiary/aromatic N) is 2. The third-order valence-corrected chi connectivity index (χ3v) is 3.30. The number of aromatic nitrogens is 1. The van der Waals surface area contributed by atoms with Crippen LogP contribution in [-0.2, 0) is 6.54 Å². The lowest BCUT2D eigenvalue weighted by atomic mass is 10.2. The van der Waals surface area contributed by atoms with Gasteiger partial charge in [0.2, 0.25) is 0 Å². The van der Waals surface area contributed by atoms with Gasteiger partial charge in [0.1, 0.15) is 6.61 Å². The standard InChI is InChI=1S/C15H13BrN2O3/c1-20-14-8-11(9-17)2-4-13(14)21-7-6-18-10-12(16)3-5-15(18)19/h2-5,8,10H,6-7H2,1H3. The van der Waals surface area contributed by atoms with E-state index in [1.165, 1.54) is 13.2 Å². The second-order valence-corrected chi connectivity index (χ2v) is 5.12. The molecular weight excluding hydrogens is 336 g/mol. The molecule has 0 aliphatic rings. The largest absolute Gasteiger partial charge is 0.493 e. The van der Waals surface area contributed by atoms with E-state index < -0.39 is 0 Å². The van der Waals surface area contributed by atoms with Crippen molar-refractivity contribution in [3.05, 3.63) is 56.9 Å². The summed E-state index contributed by atoms with van der Waals surface area (Å²) in [5.41, 5.74) is 0.413. The van der Waals surface area contributed by atoms with Crippen LogP contribution in [0.15, 0.2) is 45.8 Å². The molecule has 0 unspecified atom stereocenters. The molecule has 2 rings (SSSR count). The Labute approximate surface area is 130 Å². The van der Waals surface area contributed by atoms with Crippen molar-refractivity contribution in [1.82, 2.24) is 4.57 Å². The van der Waals surface area contributed by atoms with E-state index >= 15 is 0 Å².